The van der Waals surface area contributed by atoms with E-state index in [9.17, 15) is 4.79 Å². The molecule has 21 heavy (non-hydrogen) atoms. The molecule has 1 aromatic heterocycles. The lowest BCUT2D eigenvalue weighted by Crippen LogP contribution is -2.31. The van der Waals surface area contributed by atoms with Crippen molar-refractivity contribution in [1.82, 2.24) is 4.90 Å². The third-order valence-corrected chi connectivity index (χ3v) is 4.52. The molecule has 0 radical (unpaired) electrons. The highest BCUT2D eigenvalue weighted by Gasteiger charge is 2.48. The molecule has 4 heteroatoms. The smallest absolute Gasteiger partial charge is 0.226 e. The Balaban J connectivity index is 1.43. The molecule has 116 valence electrons. The van der Waals surface area contributed by atoms with Gasteiger partial charge in [0.05, 0.1) is 12.4 Å². The maximum Gasteiger partial charge on any atom is 0.226 e. The van der Waals surface area contributed by atoms with Crippen molar-refractivity contribution in [3.8, 4) is 0 Å². The van der Waals surface area contributed by atoms with Crippen LogP contribution in [0.4, 0.5) is 0 Å². The van der Waals surface area contributed by atoms with Crippen molar-refractivity contribution in [1.29, 1.82) is 0 Å². The first kappa shape index (κ1) is 14.6. The molecular weight excluding hydrogens is 266 g/mol. The van der Waals surface area contributed by atoms with Crippen molar-refractivity contribution in [2.24, 2.45) is 11.8 Å². The van der Waals surface area contributed by atoms with Gasteiger partial charge in [0.2, 0.25) is 5.91 Å². The second-order valence-corrected chi connectivity index (χ2v) is 6.71. The van der Waals surface area contributed by atoms with Crippen molar-refractivity contribution in [2.75, 3.05) is 19.7 Å². The SMILES string of the molecule is CC(C)CCO[C@@H]1CCN(C(=O)[C@H]2C[C@H]2c2ccco2)C1. The minimum absolute atomic E-state index is 0.130. The molecule has 0 unspecified atom stereocenters. The minimum atomic E-state index is 0.130. The topological polar surface area (TPSA) is 42.7 Å². The molecule has 0 bridgehead atoms. The summed E-state index contributed by atoms with van der Waals surface area (Å²) in [4.78, 5) is 14.4. The Kier molecular flexibility index (Phi) is 4.34. The Hall–Kier alpha value is -1.29. The van der Waals surface area contributed by atoms with Crippen molar-refractivity contribution in [3.63, 3.8) is 0 Å². The first-order valence-corrected chi connectivity index (χ1v) is 8.09. The molecule has 0 aromatic carbocycles. The summed E-state index contributed by atoms with van der Waals surface area (Å²) in [5.74, 6) is 2.34. The van der Waals surface area contributed by atoms with Gasteiger partial charge in [-0.3, -0.25) is 4.79 Å². The number of likely N-dealkylation sites (tertiary alicyclic amines) is 1. The van der Waals surface area contributed by atoms with Gasteiger partial charge in [0.15, 0.2) is 0 Å². The van der Waals surface area contributed by atoms with Gasteiger partial charge in [0, 0.05) is 31.5 Å². The Morgan fingerprint density at radius 2 is 2.38 bits per heavy atom. The van der Waals surface area contributed by atoms with Gasteiger partial charge in [0.1, 0.15) is 5.76 Å². The fourth-order valence-corrected chi connectivity index (χ4v) is 3.05. The standard InChI is InChI=1S/C17H25NO3/c1-12(2)6-9-20-13-5-7-18(11-13)17(19)15-10-14(15)16-4-3-8-21-16/h3-4,8,12-15H,5-7,9-11H2,1-2H3/t13-,14-,15+/m1/s1. The van der Waals surface area contributed by atoms with Crippen molar-refractivity contribution in [3.05, 3.63) is 24.2 Å². The monoisotopic (exact) mass is 291 g/mol. The molecule has 3 atom stereocenters. The molecule has 4 nitrogen and oxygen atoms in total. The van der Waals surface area contributed by atoms with E-state index >= 15 is 0 Å². The number of nitrogens with zero attached hydrogens (tertiary/aromatic N) is 1. The van der Waals surface area contributed by atoms with E-state index in [-0.39, 0.29) is 17.9 Å². The zero-order valence-electron chi connectivity index (χ0n) is 13.0. The zero-order chi connectivity index (χ0) is 14.8. The summed E-state index contributed by atoms with van der Waals surface area (Å²) in [6, 6.07) is 3.86. The van der Waals surface area contributed by atoms with Crippen LogP contribution in [0.5, 0.6) is 0 Å². The number of furan rings is 1. The van der Waals surface area contributed by atoms with Crippen LogP contribution in [0, 0.1) is 11.8 Å². The van der Waals surface area contributed by atoms with Crippen molar-refractivity contribution < 1.29 is 13.9 Å². The number of hydrogen-bond acceptors (Lipinski definition) is 3. The molecule has 1 amide bonds. The zero-order valence-corrected chi connectivity index (χ0v) is 13.0. The summed E-state index contributed by atoms with van der Waals surface area (Å²) in [6.07, 6.45) is 4.91. The van der Waals surface area contributed by atoms with Crippen LogP contribution in [0.3, 0.4) is 0 Å². The molecule has 1 aliphatic carbocycles. The minimum Gasteiger partial charge on any atom is -0.469 e. The number of ether oxygens (including phenoxy) is 1. The molecule has 0 spiro atoms. The molecule has 0 N–H and O–H groups in total. The van der Waals surface area contributed by atoms with Gasteiger partial charge in [0.25, 0.3) is 0 Å². The largest absolute Gasteiger partial charge is 0.469 e. The van der Waals surface area contributed by atoms with Gasteiger partial charge in [-0.25, -0.2) is 0 Å². The van der Waals surface area contributed by atoms with Crippen molar-refractivity contribution in [2.45, 2.75) is 45.1 Å². The Morgan fingerprint density at radius 3 is 3.10 bits per heavy atom. The second kappa shape index (κ2) is 6.22. The van der Waals surface area contributed by atoms with Crippen LogP contribution in [0.15, 0.2) is 22.8 Å². The fraction of sp³-hybridized carbons (Fsp3) is 0.706. The number of rotatable bonds is 6. The molecule has 1 aliphatic heterocycles. The maximum atomic E-state index is 12.5. The van der Waals surface area contributed by atoms with E-state index in [4.69, 9.17) is 9.15 Å². The van der Waals surface area contributed by atoms with Gasteiger partial charge in [-0.1, -0.05) is 13.8 Å². The fourth-order valence-electron chi connectivity index (χ4n) is 3.05. The van der Waals surface area contributed by atoms with Gasteiger partial charge in [-0.15, -0.1) is 0 Å². The van der Waals surface area contributed by atoms with Crippen LogP contribution >= 0.6 is 0 Å². The highest BCUT2D eigenvalue weighted by molar-refractivity contribution is 5.83. The first-order chi connectivity index (χ1) is 10.1. The van der Waals surface area contributed by atoms with Crippen LogP contribution in [0.1, 0.15) is 44.8 Å². The van der Waals surface area contributed by atoms with Crippen LogP contribution in [-0.4, -0.2) is 36.6 Å². The average Bonchev–Trinajstić information content (AvgIpc) is 2.90. The van der Waals surface area contributed by atoms with Gasteiger partial charge < -0.3 is 14.1 Å². The Bertz CT molecular complexity index is 468. The van der Waals surface area contributed by atoms with Crippen molar-refractivity contribution >= 4 is 5.91 Å². The lowest BCUT2D eigenvalue weighted by molar-refractivity contribution is -0.132. The number of hydrogen-bond donors (Lipinski definition) is 0. The third-order valence-electron chi connectivity index (χ3n) is 4.52. The van der Waals surface area contributed by atoms with Crippen LogP contribution in [0.25, 0.3) is 0 Å². The summed E-state index contributed by atoms with van der Waals surface area (Å²) in [5, 5.41) is 0. The van der Waals surface area contributed by atoms with E-state index in [0.717, 1.165) is 44.7 Å². The number of carbonyl (C=O) groups excluding carboxylic acids is 1. The number of carbonyl (C=O) groups is 1. The molecular formula is C17H25NO3. The van der Waals surface area contributed by atoms with E-state index < -0.39 is 0 Å². The summed E-state index contributed by atoms with van der Waals surface area (Å²) in [6.45, 7) is 6.82. The van der Waals surface area contributed by atoms with Crippen LogP contribution in [-0.2, 0) is 9.53 Å². The normalized spacial score (nSPS) is 28.3. The number of amides is 1. The van der Waals surface area contributed by atoms with E-state index in [1.54, 1.807) is 6.26 Å². The molecule has 3 rings (SSSR count). The van der Waals surface area contributed by atoms with Gasteiger partial charge in [-0.2, -0.15) is 0 Å². The third kappa shape index (κ3) is 3.49. The predicted molar refractivity (Wildman–Crippen MR) is 79.9 cm³/mol. The molecule has 1 saturated heterocycles. The Labute approximate surface area is 126 Å². The summed E-state index contributed by atoms with van der Waals surface area (Å²) < 4.78 is 11.3. The second-order valence-electron chi connectivity index (χ2n) is 6.71. The molecule has 1 aromatic rings. The lowest BCUT2D eigenvalue weighted by Gasteiger charge is -2.17. The molecule has 2 fully saturated rings. The summed E-state index contributed by atoms with van der Waals surface area (Å²) >= 11 is 0. The molecule has 1 saturated carbocycles. The van der Waals surface area contributed by atoms with E-state index in [0.29, 0.717) is 11.8 Å². The van der Waals surface area contributed by atoms with Gasteiger partial charge in [-0.05, 0) is 37.3 Å². The molecule has 2 heterocycles. The van der Waals surface area contributed by atoms with E-state index in [2.05, 4.69) is 13.8 Å². The predicted octanol–water partition coefficient (Wildman–Crippen LogP) is 3.05. The van der Waals surface area contributed by atoms with E-state index in [1.807, 2.05) is 17.0 Å². The van der Waals surface area contributed by atoms with Crippen LogP contribution in [0.2, 0.25) is 0 Å². The summed E-state index contributed by atoms with van der Waals surface area (Å²) in [7, 11) is 0. The Morgan fingerprint density at radius 1 is 1.52 bits per heavy atom. The average molecular weight is 291 g/mol. The summed E-state index contributed by atoms with van der Waals surface area (Å²) in [5.41, 5.74) is 0. The van der Waals surface area contributed by atoms with Gasteiger partial charge >= 0.3 is 0 Å². The quantitative estimate of drug-likeness (QED) is 0.809. The van der Waals surface area contributed by atoms with E-state index in [1.165, 1.54) is 0 Å². The lowest BCUT2D eigenvalue weighted by atomic mass is 10.1. The first-order valence-electron chi connectivity index (χ1n) is 8.09. The maximum absolute atomic E-state index is 12.5. The van der Waals surface area contributed by atoms with Crippen LogP contribution < -0.4 is 0 Å². The highest BCUT2D eigenvalue weighted by atomic mass is 16.5. The highest BCUT2D eigenvalue weighted by Crippen LogP contribution is 2.48. The molecule has 2 aliphatic rings.